The van der Waals surface area contributed by atoms with E-state index in [1.807, 2.05) is 21.0 Å². The van der Waals surface area contributed by atoms with Crippen LogP contribution < -0.4 is 15.5 Å². The molecule has 0 saturated carbocycles. The van der Waals surface area contributed by atoms with Gasteiger partial charge in [0, 0.05) is 33.9 Å². The van der Waals surface area contributed by atoms with Gasteiger partial charge in [-0.25, -0.2) is 4.68 Å². The van der Waals surface area contributed by atoms with Crippen LogP contribution in [-0.4, -0.2) is 58.3 Å². The Bertz CT molecular complexity index is 636. The van der Waals surface area contributed by atoms with Crippen LogP contribution in [0.4, 0.5) is 11.9 Å². The number of hydrogen-bond acceptors (Lipinski definition) is 7. The normalized spacial score (nSPS) is 10.3. The molecule has 2 N–H and O–H groups in total. The van der Waals surface area contributed by atoms with Gasteiger partial charge in [0.05, 0.1) is 0 Å². The monoisotopic (exact) mass is 290 g/mol. The molecule has 0 atom stereocenters. The Hall–Kier alpha value is -2.71. The molecular formula is C12H18N8O. The molecule has 0 bridgehead atoms. The van der Waals surface area contributed by atoms with E-state index in [0.717, 1.165) is 0 Å². The SMILES string of the molecule is CCNc1nc(N(C)C)nc(-n2ccc(C(=O)NC)n2)n1. The zero-order chi connectivity index (χ0) is 15.4. The summed E-state index contributed by atoms with van der Waals surface area (Å²) in [6.45, 7) is 2.65. The zero-order valence-corrected chi connectivity index (χ0v) is 12.5. The van der Waals surface area contributed by atoms with Crippen molar-refractivity contribution < 1.29 is 4.79 Å². The third-order valence-corrected chi connectivity index (χ3v) is 2.60. The van der Waals surface area contributed by atoms with Gasteiger partial charge in [-0.2, -0.15) is 20.1 Å². The van der Waals surface area contributed by atoms with Crippen molar-refractivity contribution in [2.75, 3.05) is 37.9 Å². The molecule has 0 aliphatic heterocycles. The smallest absolute Gasteiger partial charge is 0.271 e. The summed E-state index contributed by atoms with van der Waals surface area (Å²) in [5.41, 5.74) is 0.300. The number of amides is 1. The van der Waals surface area contributed by atoms with E-state index >= 15 is 0 Å². The maximum absolute atomic E-state index is 11.5. The largest absolute Gasteiger partial charge is 0.354 e. The number of carbonyl (C=O) groups excluding carboxylic acids is 1. The minimum absolute atomic E-state index is 0.262. The number of aromatic nitrogens is 5. The van der Waals surface area contributed by atoms with Gasteiger partial charge in [-0.1, -0.05) is 0 Å². The first-order valence-electron chi connectivity index (χ1n) is 6.50. The number of nitrogens with one attached hydrogen (secondary N) is 2. The second kappa shape index (κ2) is 6.16. The first kappa shape index (κ1) is 14.7. The van der Waals surface area contributed by atoms with Gasteiger partial charge >= 0.3 is 0 Å². The van der Waals surface area contributed by atoms with Crippen LogP contribution >= 0.6 is 0 Å². The van der Waals surface area contributed by atoms with Gasteiger partial charge in [-0.3, -0.25) is 4.79 Å². The molecule has 0 radical (unpaired) electrons. The van der Waals surface area contributed by atoms with Gasteiger partial charge in [0.15, 0.2) is 5.69 Å². The standard InChI is InChI=1S/C12H18N8O/c1-5-14-10-15-11(19(3)4)17-12(16-10)20-7-6-8(18-20)9(21)13-2/h6-7H,5H2,1-4H3,(H,13,21)(H,14,15,16,17). The first-order chi connectivity index (χ1) is 10.0. The molecule has 2 rings (SSSR count). The fourth-order valence-electron chi connectivity index (χ4n) is 1.58. The molecule has 21 heavy (non-hydrogen) atoms. The van der Waals surface area contributed by atoms with E-state index in [1.54, 1.807) is 24.2 Å². The zero-order valence-electron chi connectivity index (χ0n) is 12.5. The number of rotatable bonds is 5. The lowest BCUT2D eigenvalue weighted by Gasteiger charge is -2.12. The van der Waals surface area contributed by atoms with Gasteiger partial charge < -0.3 is 15.5 Å². The first-order valence-corrected chi connectivity index (χ1v) is 6.50. The van der Waals surface area contributed by atoms with Crippen LogP contribution in [0.5, 0.6) is 0 Å². The van der Waals surface area contributed by atoms with Crippen LogP contribution in [0.25, 0.3) is 5.95 Å². The topological polar surface area (TPSA) is 101 Å². The van der Waals surface area contributed by atoms with E-state index in [0.29, 0.717) is 30.1 Å². The Morgan fingerprint density at radius 2 is 2.10 bits per heavy atom. The summed E-state index contributed by atoms with van der Waals surface area (Å²) in [6, 6.07) is 1.60. The Balaban J connectivity index is 2.42. The van der Waals surface area contributed by atoms with Crippen LogP contribution in [0.15, 0.2) is 12.3 Å². The summed E-state index contributed by atoms with van der Waals surface area (Å²) in [4.78, 5) is 26.2. The Morgan fingerprint density at radius 3 is 2.71 bits per heavy atom. The van der Waals surface area contributed by atoms with Crippen LogP contribution in [0, 0.1) is 0 Å². The molecule has 1 amide bonds. The molecule has 112 valence electrons. The number of nitrogens with zero attached hydrogens (tertiary/aromatic N) is 6. The Labute approximate surface area is 122 Å². The lowest BCUT2D eigenvalue weighted by Crippen LogP contribution is -2.19. The predicted molar refractivity (Wildman–Crippen MR) is 78.8 cm³/mol. The number of hydrogen-bond donors (Lipinski definition) is 2. The minimum atomic E-state index is -0.262. The summed E-state index contributed by atoms with van der Waals surface area (Å²) in [6.07, 6.45) is 1.63. The van der Waals surface area contributed by atoms with Crippen LogP contribution in [0.3, 0.4) is 0 Å². The highest BCUT2D eigenvalue weighted by Crippen LogP contribution is 2.11. The van der Waals surface area contributed by atoms with Crippen molar-refractivity contribution in [1.29, 1.82) is 0 Å². The van der Waals surface area contributed by atoms with E-state index in [2.05, 4.69) is 30.7 Å². The minimum Gasteiger partial charge on any atom is -0.354 e. The highest BCUT2D eigenvalue weighted by Gasteiger charge is 2.13. The van der Waals surface area contributed by atoms with E-state index in [4.69, 9.17) is 0 Å². The van der Waals surface area contributed by atoms with Crippen LogP contribution in [0.2, 0.25) is 0 Å². The quantitative estimate of drug-likeness (QED) is 0.794. The average molecular weight is 290 g/mol. The summed E-state index contributed by atoms with van der Waals surface area (Å²) in [7, 11) is 5.24. The number of carbonyl (C=O) groups is 1. The lowest BCUT2D eigenvalue weighted by atomic mass is 10.4. The van der Waals surface area contributed by atoms with E-state index in [1.165, 1.54) is 4.68 Å². The van der Waals surface area contributed by atoms with Crippen molar-refractivity contribution in [2.45, 2.75) is 6.92 Å². The Kier molecular flexibility index (Phi) is 4.31. The third kappa shape index (κ3) is 3.25. The average Bonchev–Trinajstić information content (AvgIpc) is 2.96. The molecule has 2 aromatic rings. The van der Waals surface area contributed by atoms with Gasteiger partial charge in [0.25, 0.3) is 11.9 Å². The maximum Gasteiger partial charge on any atom is 0.271 e. The molecule has 9 nitrogen and oxygen atoms in total. The highest BCUT2D eigenvalue weighted by atomic mass is 16.1. The molecule has 9 heteroatoms. The molecule has 2 heterocycles. The molecule has 0 aliphatic rings. The molecule has 0 saturated heterocycles. The van der Waals surface area contributed by atoms with Gasteiger partial charge in [0.1, 0.15) is 0 Å². The molecular weight excluding hydrogens is 272 g/mol. The fourth-order valence-corrected chi connectivity index (χ4v) is 1.58. The highest BCUT2D eigenvalue weighted by molar-refractivity contribution is 5.91. The fraction of sp³-hybridized carbons (Fsp3) is 0.417. The van der Waals surface area contributed by atoms with Crippen molar-refractivity contribution in [3.8, 4) is 5.95 Å². The summed E-state index contributed by atoms with van der Waals surface area (Å²) in [5.74, 6) is 1.05. The molecule has 2 aromatic heterocycles. The summed E-state index contributed by atoms with van der Waals surface area (Å²) in [5, 5.41) is 9.72. The van der Waals surface area contributed by atoms with Crippen molar-refractivity contribution in [3.63, 3.8) is 0 Å². The van der Waals surface area contributed by atoms with Gasteiger partial charge in [-0.15, -0.1) is 0 Å². The summed E-state index contributed by atoms with van der Waals surface area (Å²) >= 11 is 0. The van der Waals surface area contributed by atoms with Crippen molar-refractivity contribution in [1.82, 2.24) is 30.0 Å². The van der Waals surface area contributed by atoms with E-state index in [-0.39, 0.29) is 5.91 Å². The van der Waals surface area contributed by atoms with Crippen molar-refractivity contribution in [3.05, 3.63) is 18.0 Å². The maximum atomic E-state index is 11.5. The van der Waals surface area contributed by atoms with E-state index in [9.17, 15) is 4.79 Å². The predicted octanol–water partition coefficient (Wildman–Crippen LogP) is -0.0853. The van der Waals surface area contributed by atoms with E-state index < -0.39 is 0 Å². The van der Waals surface area contributed by atoms with Crippen LogP contribution in [-0.2, 0) is 0 Å². The lowest BCUT2D eigenvalue weighted by molar-refractivity contribution is 0.0957. The molecule has 0 spiro atoms. The van der Waals surface area contributed by atoms with Crippen molar-refractivity contribution >= 4 is 17.8 Å². The molecule has 0 aliphatic carbocycles. The van der Waals surface area contributed by atoms with Gasteiger partial charge in [0.2, 0.25) is 11.9 Å². The number of anilines is 2. The third-order valence-electron chi connectivity index (χ3n) is 2.60. The second-order valence-corrected chi connectivity index (χ2v) is 4.41. The molecule has 0 aromatic carbocycles. The van der Waals surface area contributed by atoms with Crippen molar-refractivity contribution in [2.24, 2.45) is 0 Å². The summed E-state index contributed by atoms with van der Waals surface area (Å²) < 4.78 is 1.44. The Morgan fingerprint density at radius 1 is 1.33 bits per heavy atom. The van der Waals surface area contributed by atoms with Crippen LogP contribution in [0.1, 0.15) is 17.4 Å². The molecule has 0 unspecified atom stereocenters. The second-order valence-electron chi connectivity index (χ2n) is 4.41. The van der Waals surface area contributed by atoms with Gasteiger partial charge in [-0.05, 0) is 13.0 Å². The molecule has 0 fully saturated rings.